The standard InChI is InChI=1S/C9H13F2NO3.H2O/c1-8(2,3)15-7(14)12-4-6(13)9(10,11)5-12;/h4-5H2,1-3H3;1H2. The Labute approximate surface area is 91.7 Å². The number of likely N-dealkylation sites (tertiary alicyclic amines) is 1. The monoisotopic (exact) mass is 239 g/mol. The van der Waals surface area contributed by atoms with Crippen LogP contribution >= 0.6 is 0 Å². The summed E-state index contributed by atoms with van der Waals surface area (Å²) in [6.07, 6.45) is -0.881. The molecule has 1 fully saturated rings. The van der Waals surface area contributed by atoms with Crippen LogP contribution in [0.2, 0.25) is 0 Å². The summed E-state index contributed by atoms with van der Waals surface area (Å²) < 4.78 is 30.4. The summed E-state index contributed by atoms with van der Waals surface area (Å²) in [6, 6.07) is 0. The van der Waals surface area contributed by atoms with Gasteiger partial charge in [0.25, 0.3) is 0 Å². The molecule has 16 heavy (non-hydrogen) atoms. The third kappa shape index (κ3) is 3.41. The van der Waals surface area contributed by atoms with Gasteiger partial charge >= 0.3 is 12.0 Å². The molecule has 0 aromatic heterocycles. The molecule has 1 heterocycles. The summed E-state index contributed by atoms with van der Waals surface area (Å²) in [7, 11) is 0. The summed E-state index contributed by atoms with van der Waals surface area (Å²) >= 11 is 0. The lowest BCUT2D eigenvalue weighted by atomic mass is 10.2. The maximum Gasteiger partial charge on any atom is 0.410 e. The minimum absolute atomic E-state index is 0. The maximum absolute atomic E-state index is 12.8. The Bertz CT molecular complexity index is 298. The second-order valence-corrected chi connectivity index (χ2v) is 4.46. The minimum atomic E-state index is -3.43. The lowest BCUT2D eigenvalue weighted by molar-refractivity contribution is -0.135. The highest BCUT2D eigenvalue weighted by Crippen LogP contribution is 2.25. The van der Waals surface area contributed by atoms with E-state index in [1.165, 1.54) is 0 Å². The van der Waals surface area contributed by atoms with Gasteiger partial charge in [-0.1, -0.05) is 0 Å². The summed E-state index contributed by atoms with van der Waals surface area (Å²) in [4.78, 5) is 22.8. The highest BCUT2D eigenvalue weighted by Gasteiger charge is 2.49. The van der Waals surface area contributed by atoms with E-state index >= 15 is 0 Å². The Morgan fingerprint density at radius 2 is 1.94 bits per heavy atom. The Morgan fingerprint density at radius 3 is 2.25 bits per heavy atom. The number of hydrogen-bond donors (Lipinski definition) is 0. The quantitative estimate of drug-likeness (QED) is 0.621. The summed E-state index contributed by atoms with van der Waals surface area (Å²) in [5, 5.41) is 0. The van der Waals surface area contributed by atoms with Crippen LogP contribution in [-0.4, -0.2) is 46.9 Å². The predicted molar refractivity (Wildman–Crippen MR) is 51.4 cm³/mol. The molecule has 0 saturated carbocycles. The minimum Gasteiger partial charge on any atom is -0.444 e. The highest BCUT2D eigenvalue weighted by atomic mass is 19.3. The molecule has 1 rings (SSSR count). The summed E-state index contributed by atoms with van der Waals surface area (Å²) in [6.45, 7) is 3.41. The van der Waals surface area contributed by atoms with Gasteiger partial charge in [0.1, 0.15) is 5.60 Å². The van der Waals surface area contributed by atoms with Crippen molar-refractivity contribution < 1.29 is 28.6 Å². The van der Waals surface area contributed by atoms with E-state index in [0.717, 1.165) is 0 Å². The zero-order chi connectivity index (χ0) is 11.9. The fourth-order valence-electron chi connectivity index (χ4n) is 1.13. The van der Waals surface area contributed by atoms with Crippen molar-refractivity contribution in [2.75, 3.05) is 13.1 Å². The zero-order valence-corrected chi connectivity index (χ0v) is 9.34. The second-order valence-electron chi connectivity index (χ2n) is 4.46. The molecule has 2 N–H and O–H groups in total. The first-order valence-corrected chi connectivity index (χ1v) is 4.51. The van der Waals surface area contributed by atoms with Gasteiger partial charge in [-0.05, 0) is 20.8 Å². The van der Waals surface area contributed by atoms with E-state index in [4.69, 9.17) is 4.74 Å². The number of ether oxygens (including phenoxy) is 1. The number of Topliss-reactive ketones (excluding diaryl/α,β-unsaturated/α-hetero) is 1. The third-order valence-electron chi connectivity index (χ3n) is 1.78. The Morgan fingerprint density at radius 1 is 1.44 bits per heavy atom. The van der Waals surface area contributed by atoms with Crippen LogP contribution in [0.1, 0.15) is 20.8 Å². The molecule has 94 valence electrons. The number of carbonyl (C=O) groups excluding carboxylic acids is 2. The van der Waals surface area contributed by atoms with Crippen LogP contribution in [0.3, 0.4) is 0 Å². The van der Waals surface area contributed by atoms with Crippen molar-refractivity contribution >= 4 is 11.9 Å². The first-order valence-electron chi connectivity index (χ1n) is 4.51. The molecule has 0 aromatic rings. The van der Waals surface area contributed by atoms with Crippen molar-refractivity contribution in [2.24, 2.45) is 0 Å². The third-order valence-corrected chi connectivity index (χ3v) is 1.78. The van der Waals surface area contributed by atoms with Crippen molar-refractivity contribution in [3.8, 4) is 0 Å². The lowest BCUT2D eigenvalue weighted by Gasteiger charge is -2.23. The van der Waals surface area contributed by atoms with Crippen molar-refractivity contribution in [3.05, 3.63) is 0 Å². The molecule has 0 atom stereocenters. The average Bonchev–Trinajstić information content (AvgIpc) is 2.23. The fraction of sp³-hybridized carbons (Fsp3) is 0.778. The van der Waals surface area contributed by atoms with Gasteiger partial charge in [-0.3, -0.25) is 9.69 Å². The number of ketones is 1. The normalized spacial score (nSPS) is 19.3. The smallest absolute Gasteiger partial charge is 0.410 e. The van der Waals surface area contributed by atoms with Gasteiger partial charge in [-0.15, -0.1) is 0 Å². The first kappa shape index (κ1) is 14.8. The number of alkyl halides is 2. The second kappa shape index (κ2) is 4.32. The Kier molecular flexibility index (Phi) is 3.99. The molecule has 1 aliphatic rings. The lowest BCUT2D eigenvalue weighted by Crippen LogP contribution is -2.36. The van der Waals surface area contributed by atoms with Gasteiger partial charge in [-0.2, -0.15) is 8.78 Å². The van der Waals surface area contributed by atoms with Gasteiger partial charge in [0.2, 0.25) is 5.78 Å². The highest BCUT2D eigenvalue weighted by molar-refractivity contribution is 5.93. The molecule has 1 saturated heterocycles. The number of amides is 1. The fourth-order valence-corrected chi connectivity index (χ4v) is 1.13. The number of nitrogens with zero attached hydrogens (tertiary/aromatic N) is 1. The molecule has 5 nitrogen and oxygen atoms in total. The molecule has 0 unspecified atom stereocenters. The van der Waals surface area contributed by atoms with E-state index in [1.807, 2.05) is 0 Å². The number of halogens is 2. The number of rotatable bonds is 0. The van der Waals surface area contributed by atoms with Crippen LogP contribution in [0.5, 0.6) is 0 Å². The van der Waals surface area contributed by atoms with Gasteiger partial charge in [-0.25, -0.2) is 4.79 Å². The molecule has 7 heteroatoms. The Hall–Kier alpha value is -1.24. The molecule has 1 aliphatic heterocycles. The molecule has 0 aliphatic carbocycles. The number of hydrogen-bond acceptors (Lipinski definition) is 3. The summed E-state index contributed by atoms with van der Waals surface area (Å²) in [5.41, 5.74) is -0.752. The van der Waals surface area contributed by atoms with E-state index in [0.29, 0.717) is 4.90 Å². The topological polar surface area (TPSA) is 78.1 Å². The molecule has 0 aromatic carbocycles. The van der Waals surface area contributed by atoms with Crippen molar-refractivity contribution in [1.82, 2.24) is 4.90 Å². The van der Waals surface area contributed by atoms with Crippen LogP contribution in [0.4, 0.5) is 13.6 Å². The van der Waals surface area contributed by atoms with Gasteiger partial charge < -0.3 is 10.2 Å². The van der Waals surface area contributed by atoms with Crippen LogP contribution in [0.25, 0.3) is 0 Å². The largest absolute Gasteiger partial charge is 0.444 e. The van der Waals surface area contributed by atoms with Crippen LogP contribution in [-0.2, 0) is 9.53 Å². The van der Waals surface area contributed by atoms with E-state index in [9.17, 15) is 18.4 Å². The number of carbonyl (C=O) groups is 2. The molecular weight excluding hydrogens is 224 g/mol. The SMILES string of the molecule is CC(C)(C)OC(=O)N1CC(=O)C(F)(F)C1.O. The van der Waals surface area contributed by atoms with Crippen molar-refractivity contribution in [2.45, 2.75) is 32.3 Å². The first-order chi connectivity index (χ1) is 6.62. The van der Waals surface area contributed by atoms with E-state index < -0.39 is 36.5 Å². The molecule has 0 radical (unpaired) electrons. The summed E-state index contributed by atoms with van der Waals surface area (Å²) in [5.74, 6) is -4.68. The van der Waals surface area contributed by atoms with Gasteiger partial charge in [0.15, 0.2) is 0 Å². The van der Waals surface area contributed by atoms with Crippen LogP contribution in [0, 0.1) is 0 Å². The Balaban J connectivity index is 0.00000225. The van der Waals surface area contributed by atoms with Gasteiger partial charge in [0, 0.05) is 0 Å². The van der Waals surface area contributed by atoms with Crippen LogP contribution in [0.15, 0.2) is 0 Å². The van der Waals surface area contributed by atoms with E-state index in [-0.39, 0.29) is 5.48 Å². The molecule has 0 spiro atoms. The molecular formula is C9H15F2NO4. The predicted octanol–water partition coefficient (Wildman–Crippen LogP) is 0.617. The van der Waals surface area contributed by atoms with Crippen molar-refractivity contribution in [3.63, 3.8) is 0 Å². The maximum atomic E-state index is 12.8. The van der Waals surface area contributed by atoms with Gasteiger partial charge in [0.05, 0.1) is 13.1 Å². The van der Waals surface area contributed by atoms with Crippen LogP contribution < -0.4 is 0 Å². The van der Waals surface area contributed by atoms with E-state index in [1.54, 1.807) is 20.8 Å². The average molecular weight is 239 g/mol. The molecule has 1 amide bonds. The molecule has 0 bridgehead atoms. The van der Waals surface area contributed by atoms with E-state index in [2.05, 4.69) is 0 Å². The van der Waals surface area contributed by atoms with Crippen molar-refractivity contribution in [1.29, 1.82) is 0 Å². The zero-order valence-electron chi connectivity index (χ0n) is 9.34.